The zero-order chi connectivity index (χ0) is 28.9. The van der Waals surface area contributed by atoms with Crippen LogP contribution in [0.4, 0.5) is 0 Å². The molecule has 6 atom stereocenters. The molecule has 0 rings (SSSR count). The van der Waals surface area contributed by atoms with Crippen LogP contribution in [0.25, 0.3) is 0 Å². The van der Waals surface area contributed by atoms with Crippen molar-refractivity contribution >= 4 is 54.0 Å². The van der Waals surface area contributed by atoms with Crippen molar-refractivity contribution in [2.75, 3.05) is 18.9 Å². The molecule has 0 aliphatic carbocycles. The summed E-state index contributed by atoms with van der Waals surface area (Å²) in [5.74, 6) is -7.47. The van der Waals surface area contributed by atoms with E-state index in [1.807, 2.05) is 5.32 Å². The van der Waals surface area contributed by atoms with E-state index in [4.69, 9.17) is 16.6 Å². The molecule has 0 fully saturated rings. The molecule has 0 heterocycles. The molecule has 0 spiro atoms. The number of thiol groups is 1. The van der Waals surface area contributed by atoms with Crippen LogP contribution in [-0.2, 0) is 33.6 Å². The monoisotopic (exact) mass is 551 g/mol. The van der Waals surface area contributed by atoms with Crippen molar-refractivity contribution in [1.29, 1.82) is 0 Å². The Kier molecular flexibility index (Phi) is 14.8. The molecular formula is C19H33N7O10S. The van der Waals surface area contributed by atoms with Gasteiger partial charge in [-0.3, -0.25) is 28.8 Å². The molecule has 6 amide bonds. The molecule has 0 aliphatic heterocycles. The first-order valence-corrected chi connectivity index (χ1v) is 11.4. The van der Waals surface area contributed by atoms with Crippen molar-refractivity contribution in [1.82, 2.24) is 26.6 Å². The van der Waals surface area contributed by atoms with Gasteiger partial charge in [-0.25, -0.2) is 4.79 Å². The zero-order valence-electron chi connectivity index (χ0n) is 20.1. The van der Waals surface area contributed by atoms with Crippen LogP contribution < -0.4 is 38.1 Å². The van der Waals surface area contributed by atoms with Crippen LogP contribution in [0.2, 0.25) is 0 Å². The molecule has 0 aromatic rings. The van der Waals surface area contributed by atoms with Gasteiger partial charge in [-0.1, -0.05) is 0 Å². The minimum Gasteiger partial charge on any atom is -0.480 e. The van der Waals surface area contributed by atoms with Crippen LogP contribution in [0.1, 0.15) is 20.3 Å². The second kappa shape index (κ2) is 16.3. The Labute approximate surface area is 216 Å². The highest BCUT2D eigenvalue weighted by atomic mass is 32.1. The van der Waals surface area contributed by atoms with E-state index >= 15 is 0 Å². The molecule has 0 saturated heterocycles. The van der Waals surface area contributed by atoms with Gasteiger partial charge < -0.3 is 53.4 Å². The van der Waals surface area contributed by atoms with E-state index in [-0.39, 0.29) is 5.75 Å². The summed E-state index contributed by atoms with van der Waals surface area (Å²) in [5, 5.41) is 38.9. The first-order valence-electron chi connectivity index (χ1n) is 10.8. The van der Waals surface area contributed by atoms with Gasteiger partial charge in [0, 0.05) is 5.75 Å². The lowest BCUT2D eigenvalue weighted by Crippen LogP contribution is -2.59. The molecule has 0 radical (unpaired) electrons. The Bertz CT molecular complexity index is 870. The molecule has 0 saturated carbocycles. The fraction of sp³-hybridized carbons (Fsp3) is 0.632. The lowest BCUT2D eigenvalue weighted by atomic mass is 10.1. The van der Waals surface area contributed by atoms with Crippen LogP contribution >= 0.6 is 12.6 Å². The molecule has 0 bridgehead atoms. The van der Waals surface area contributed by atoms with E-state index in [2.05, 4.69) is 33.9 Å². The molecule has 0 unspecified atom stereocenters. The number of carboxylic acid groups (broad SMARTS) is 1. The number of nitrogens with two attached hydrogens (primary N) is 2. The predicted molar refractivity (Wildman–Crippen MR) is 128 cm³/mol. The van der Waals surface area contributed by atoms with Crippen LogP contribution in [0.15, 0.2) is 0 Å². The number of amides is 6. The van der Waals surface area contributed by atoms with Gasteiger partial charge in [-0.15, -0.1) is 0 Å². The molecule has 210 valence electrons. The number of aliphatic hydroxyl groups is 2. The van der Waals surface area contributed by atoms with Gasteiger partial charge in [0.2, 0.25) is 35.4 Å². The Balaban J connectivity index is 5.06. The third kappa shape index (κ3) is 12.4. The first kappa shape index (κ1) is 33.5. The molecule has 12 N–H and O–H groups in total. The summed E-state index contributed by atoms with van der Waals surface area (Å²) in [6.45, 7) is 0.956. The van der Waals surface area contributed by atoms with Crippen molar-refractivity contribution in [3.05, 3.63) is 0 Å². The molecule has 37 heavy (non-hydrogen) atoms. The summed E-state index contributed by atoms with van der Waals surface area (Å²) < 4.78 is 0. The van der Waals surface area contributed by atoms with Gasteiger partial charge in [0.25, 0.3) is 0 Å². The number of primary amides is 1. The second-order valence-electron chi connectivity index (χ2n) is 7.85. The van der Waals surface area contributed by atoms with E-state index in [0.717, 1.165) is 6.92 Å². The number of nitrogens with one attached hydrogen (secondary N) is 5. The number of hydrogen-bond donors (Lipinski definition) is 11. The average molecular weight is 552 g/mol. The third-order valence-electron chi connectivity index (χ3n) is 4.57. The van der Waals surface area contributed by atoms with Gasteiger partial charge >= 0.3 is 5.97 Å². The van der Waals surface area contributed by atoms with E-state index in [9.17, 15) is 43.8 Å². The highest BCUT2D eigenvalue weighted by Crippen LogP contribution is 1.99. The quantitative estimate of drug-likeness (QED) is 0.0802. The lowest BCUT2D eigenvalue weighted by Gasteiger charge is -2.23. The minimum absolute atomic E-state index is 0.242. The van der Waals surface area contributed by atoms with Crippen molar-refractivity contribution in [2.24, 2.45) is 11.5 Å². The van der Waals surface area contributed by atoms with Crippen molar-refractivity contribution in [3.63, 3.8) is 0 Å². The first-order chi connectivity index (χ1) is 17.1. The summed E-state index contributed by atoms with van der Waals surface area (Å²) in [6, 6.07) is -7.03. The predicted octanol–water partition coefficient (Wildman–Crippen LogP) is -6.35. The topological polar surface area (TPSA) is 292 Å². The highest BCUT2D eigenvalue weighted by Gasteiger charge is 2.31. The summed E-state index contributed by atoms with van der Waals surface area (Å²) in [5.41, 5.74) is 10.3. The van der Waals surface area contributed by atoms with Gasteiger partial charge in [0.15, 0.2) is 0 Å². The molecular weight excluding hydrogens is 518 g/mol. The largest absolute Gasteiger partial charge is 0.480 e. The highest BCUT2D eigenvalue weighted by molar-refractivity contribution is 7.80. The van der Waals surface area contributed by atoms with E-state index in [1.54, 1.807) is 0 Å². The number of aliphatic carboxylic acids is 1. The smallest absolute Gasteiger partial charge is 0.326 e. The number of carbonyl (C=O) groups is 7. The number of aliphatic hydroxyl groups excluding tert-OH is 2. The maximum atomic E-state index is 12.4. The summed E-state index contributed by atoms with van der Waals surface area (Å²) in [6.07, 6.45) is -2.24. The average Bonchev–Trinajstić information content (AvgIpc) is 2.81. The van der Waals surface area contributed by atoms with Gasteiger partial charge in [0.05, 0.1) is 31.7 Å². The molecule has 0 aromatic heterocycles. The van der Waals surface area contributed by atoms with Crippen LogP contribution in [0.5, 0.6) is 0 Å². The standard InChI is InChI=1S/C19H33N7O10S/c1-7(20)15(31)24-10(5-27)17(33)25-11(6-37)16(32)22-4-13(30)26-14(8(2)28)18(34)23-9(19(35)36)3-12(21)29/h7-11,14,27-28,37H,3-6,20H2,1-2H3,(H2,21,29)(H,22,32)(H,23,34)(H,24,31)(H,25,33)(H,26,30)(H,35,36)/t7-,8+,9-,10-,11-,14-/m0/s1. The van der Waals surface area contributed by atoms with Gasteiger partial charge in [-0.2, -0.15) is 12.6 Å². The summed E-state index contributed by atoms with van der Waals surface area (Å²) >= 11 is 3.94. The van der Waals surface area contributed by atoms with Crippen molar-refractivity contribution in [2.45, 2.75) is 56.6 Å². The maximum Gasteiger partial charge on any atom is 0.326 e. The minimum atomic E-state index is -1.71. The van der Waals surface area contributed by atoms with Crippen LogP contribution in [0.3, 0.4) is 0 Å². The zero-order valence-corrected chi connectivity index (χ0v) is 21.0. The fourth-order valence-corrected chi connectivity index (χ4v) is 2.80. The number of carbonyl (C=O) groups excluding carboxylic acids is 6. The molecule has 18 heteroatoms. The Morgan fingerprint density at radius 2 is 1.38 bits per heavy atom. The van der Waals surface area contributed by atoms with Gasteiger partial charge in [0.1, 0.15) is 24.2 Å². The van der Waals surface area contributed by atoms with Crippen LogP contribution in [0, 0.1) is 0 Å². The Hall–Kier alpha value is -3.48. The van der Waals surface area contributed by atoms with Gasteiger partial charge in [-0.05, 0) is 13.8 Å². The summed E-state index contributed by atoms with van der Waals surface area (Å²) in [7, 11) is 0. The molecule has 0 aliphatic rings. The third-order valence-corrected chi connectivity index (χ3v) is 4.93. The number of hydrogen-bond acceptors (Lipinski definition) is 11. The normalized spacial score (nSPS) is 15.5. The number of rotatable bonds is 16. The fourth-order valence-electron chi connectivity index (χ4n) is 2.55. The lowest BCUT2D eigenvalue weighted by molar-refractivity contribution is -0.144. The second-order valence-corrected chi connectivity index (χ2v) is 8.21. The maximum absolute atomic E-state index is 12.4. The molecule has 0 aromatic carbocycles. The van der Waals surface area contributed by atoms with Crippen molar-refractivity contribution < 1.29 is 48.9 Å². The van der Waals surface area contributed by atoms with E-state index in [1.165, 1.54) is 6.92 Å². The Morgan fingerprint density at radius 3 is 1.81 bits per heavy atom. The summed E-state index contributed by atoms with van der Waals surface area (Å²) in [4.78, 5) is 83.0. The van der Waals surface area contributed by atoms with Crippen LogP contribution in [-0.4, -0.2) is 112 Å². The number of carboxylic acids is 1. The SMILES string of the molecule is C[C@H](N)C(=O)N[C@@H](CO)C(=O)N[C@@H](CS)C(=O)NCC(=O)N[C@H](C(=O)N[C@@H](CC(N)=O)C(=O)O)[C@@H](C)O. The Morgan fingerprint density at radius 1 is 0.838 bits per heavy atom. The van der Waals surface area contributed by atoms with Crippen molar-refractivity contribution in [3.8, 4) is 0 Å². The van der Waals surface area contributed by atoms with E-state index < -0.39 is 97.3 Å². The van der Waals surface area contributed by atoms with E-state index in [0.29, 0.717) is 0 Å². The molecule has 17 nitrogen and oxygen atoms in total.